The van der Waals surface area contributed by atoms with E-state index >= 15 is 0 Å². The molecule has 3 rings (SSSR count). The van der Waals surface area contributed by atoms with Gasteiger partial charge in [0.25, 0.3) is 11.5 Å². The highest BCUT2D eigenvalue weighted by Crippen LogP contribution is 2.16. The van der Waals surface area contributed by atoms with Crippen molar-refractivity contribution in [3.63, 3.8) is 0 Å². The fraction of sp³-hybridized carbons (Fsp3) is 0.318. The lowest BCUT2D eigenvalue weighted by Gasteiger charge is -2.19. The SMILES string of the molecule is CNC(=O)c1nn(CN(C)Cc2ccc(C(C)C)cc2)c(=O)c2ccccc12. The van der Waals surface area contributed by atoms with Gasteiger partial charge in [-0.2, -0.15) is 5.10 Å². The highest BCUT2D eigenvalue weighted by Gasteiger charge is 2.16. The molecular formula is C22H26N4O2. The van der Waals surface area contributed by atoms with Gasteiger partial charge in [-0.05, 0) is 30.2 Å². The van der Waals surface area contributed by atoms with Crippen LogP contribution in [0.1, 0.15) is 41.4 Å². The number of amides is 1. The number of nitrogens with one attached hydrogen (secondary N) is 1. The van der Waals surface area contributed by atoms with Gasteiger partial charge in [-0.15, -0.1) is 0 Å². The van der Waals surface area contributed by atoms with Gasteiger partial charge in [0.2, 0.25) is 0 Å². The number of fused-ring (bicyclic) bond motifs is 1. The van der Waals surface area contributed by atoms with Gasteiger partial charge >= 0.3 is 0 Å². The molecule has 0 unspecified atom stereocenters. The molecule has 3 aromatic rings. The lowest BCUT2D eigenvalue weighted by atomic mass is 10.0. The molecule has 0 radical (unpaired) electrons. The summed E-state index contributed by atoms with van der Waals surface area (Å²) < 4.78 is 1.36. The summed E-state index contributed by atoms with van der Waals surface area (Å²) in [6.45, 7) is 5.31. The van der Waals surface area contributed by atoms with Gasteiger partial charge < -0.3 is 5.32 Å². The zero-order valence-electron chi connectivity index (χ0n) is 16.8. The van der Waals surface area contributed by atoms with Crippen LogP contribution in [0.15, 0.2) is 53.3 Å². The summed E-state index contributed by atoms with van der Waals surface area (Å²) in [6.07, 6.45) is 0. The van der Waals surface area contributed by atoms with E-state index in [2.05, 4.69) is 48.5 Å². The molecule has 146 valence electrons. The Morgan fingerprint density at radius 2 is 1.75 bits per heavy atom. The first-order valence-electron chi connectivity index (χ1n) is 9.40. The van der Waals surface area contributed by atoms with Crippen LogP contribution in [0.2, 0.25) is 0 Å². The molecule has 0 saturated heterocycles. The molecule has 0 aliphatic carbocycles. The first kappa shape index (κ1) is 19.8. The lowest BCUT2D eigenvalue weighted by molar-refractivity contribution is 0.0956. The Kier molecular flexibility index (Phi) is 5.90. The average molecular weight is 378 g/mol. The largest absolute Gasteiger partial charge is 0.354 e. The van der Waals surface area contributed by atoms with Gasteiger partial charge in [0.05, 0.1) is 12.1 Å². The zero-order valence-corrected chi connectivity index (χ0v) is 16.8. The molecule has 1 heterocycles. The van der Waals surface area contributed by atoms with Crippen LogP contribution in [0, 0.1) is 0 Å². The van der Waals surface area contributed by atoms with E-state index < -0.39 is 0 Å². The molecule has 6 nitrogen and oxygen atoms in total. The number of rotatable bonds is 6. The summed E-state index contributed by atoms with van der Waals surface area (Å²) in [5, 5.41) is 7.99. The number of nitrogens with zero attached hydrogens (tertiary/aromatic N) is 3. The Balaban J connectivity index is 1.88. The molecule has 0 fully saturated rings. The van der Waals surface area contributed by atoms with Gasteiger partial charge in [-0.1, -0.05) is 56.3 Å². The fourth-order valence-electron chi connectivity index (χ4n) is 3.22. The summed E-state index contributed by atoms with van der Waals surface area (Å²) in [5.41, 5.74) is 2.51. The molecule has 1 N–H and O–H groups in total. The monoisotopic (exact) mass is 378 g/mol. The smallest absolute Gasteiger partial charge is 0.275 e. The van der Waals surface area contributed by atoms with Crippen LogP contribution in [-0.2, 0) is 13.2 Å². The highest BCUT2D eigenvalue weighted by atomic mass is 16.2. The summed E-state index contributed by atoms with van der Waals surface area (Å²) in [6, 6.07) is 15.6. The lowest BCUT2D eigenvalue weighted by Crippen LogP contribution is -2.34. The van der Waals surface area contributed by atoms with Gasteiger partial charge in [0.15, 0.2) is 5.69 Å². The Morgan fingerprint density at radius 3 is 2.36 bits per heavy atom. The third-order valence-corrected chi connectivity index (χ3v) is 4.78. The maximum absolute atomic E-state index is 12.8. The first-order valence-corrected chi connectivity index (χ1v) is 9.40. The molecule has 28 heavy (non-hydrogen) atoms. The number of hydrogen-bond acceptors (Lipinski definition) is 4. The number of aromatic nitrogens is 2. The third kappa shape index (κ3) is 4.12. The number of benzene rings is 2. The van der Waals surface area contributed by atoms with Crippen LogP contribution in [0.3, 0.4) is 0 Å². The van der Waals surface area contributed by atoms with Crippen LogP contribution < -0.4 is 10.9 Å². The highest BCUT2D eigenvalue weighted by molar-refractivity contribution is 6.04. The second-order valence-electron chi connectivity index (χ2n) is 7.33. The van der Waals surface area contributed by atoms with E-state index in [1.807, 2.05) is 11.9 Å². The van der Waals surface area contributed by atoms with E-state index in [-0.39, 0.29) is 17.2 Å². The molecular weight excluding hydrogens is 352 g/mol. The van der Waals surface area contributed by atoms with Crippen molar-refractivity contribution in [1.82, 2.24) is 20.0 Å². The Hall–Kier alpha value is -2.99. The maximum Gasteiger partial charge on any atom is 0.275 e. The van der Waals surface area contributed by atoms with Gasteiger partial charge in [0.1, 0.15) is 0 Å². The molecule has 6 heteroatoms. The van der Waals surface area contributed by atoms with Gasteiger partial charge in [-0.3, -0.25) is 14.5 Å². The van der Waals surface area contributed by atoms with E-state index in [4.69, 9.17) is 0 Å². The number of carbonyl (C=O) groups is 1. The zero-order chi connectivity index (χ0) is 20.3. The molecule has 1 amide bonds. The average Bonchev–Trinajstić information content (AvgIpc) is 2.70. The topological polar surface area (TPSA) is 67.2 Å². The molecule has 2 aromatic carbocycles. The van der Waals surface area contributed by atoms with Crippen LogP contribution in [-0.4, -0.2) is 34.7 Å². The molecule has 1 aromatic heterocycles. The second-order valence-corrected chi connectivity index (χ2v) is 7.33. The van der Waals surface area contributed by atoms with Crippen LogP contribution in [0.25, 0.3) is 10.8 Å². The molecule has 0 aliphatic heterocycles. The molecule has 0 spiro atoms. The van der Waals surface area contributed by atoms with Crippen LogP contribution >= 0.6 is 0 Å². The van der Waals surface area contributed by atoms with E-state index in [0.29, 0.717) is 29.9 Å². The fourth-order valence-corrected chi connectivity index (χ4v) is 3.22. The summed E-state index contributed by atoms with van der Waals surface area (Å²) in [4.78, 5) is 27.1. The summed E-state index contributed by atoms with van der Waals surface area (Å²) in [7, 11) is 3.49. The standard InChI is InChI=1S/C22H26N4O2/c1-15(2)17-11-9-16(10-12-17)13-25(4)14-26-22(28)19-8-6-5-7-18(19)20(24-26)21(27)23-3/h5-12,15H,13-14H2,1-4H3,(H,23,27). The predicted octanol–water partition coefficient (Wildman–Crippen LogP) is 2.97. The van der Waals surface area contributed by atoms with Crippen molar-refractivity contribution in [1.29, 1.82) is 0 Å². The van der Waals surface area contributed by atoms with E-state index in [1.54, 1.807) is 31.3 Å². The number of carbonyl (C=O) groups excluding carboxylic acids is 1. The van der Waals surface area contributed by atoms with Crippen molar-refractivity contribution in [2.24, 2.45) is 0 Å². The van der Waals surface area contributed by atoms with Crippen molar-refractivity contribution in [2.45, 2.75) is 33.0 Å². The van der Waals surface area contributed by atoms with Gasteiger partial charge in [-0.25, -0.2) is 4.68 Å². The Labute approximate surface area is 164 Å². The van der Waals surface area contributed by atoms with Crippen molar-refractivity contribution < 1.29 is 4.79 Å². The van der Waals surface area contributed by atoms with Crippen molar-refractivity contribution >= 4 is 16.7 Å². The van der Waals surface area contributed by atoms with E-state index in [1.165, 1.54) is 10.2 Å². The van der Waals surface area contributed by atoms with Crippen molar-refractivity contribution in [3.05, 3.63) is 75.7 Å². The van der Waals surface area contributed by atoms with Crippen molar-refractivity contribution in [3.8, 4) is 0 Å². The molecule has 0 atom stereocenters. The first-order chi connectivity index (χ1) is 13.4. The quantitative estimate of drug-likeness (QED) is 0.716. The minimum atomic E-state index is -0.308. The minimum absolute atomic E-state index is 0.203. The molecule has 0 aliphatic rings. The molecule has 0 saturated carbocycles. The van der Waals surface area contributed by atoms with E-state index in [9.17, 15) is 9.59 Å². The van der Waals surface area contributed by atoms with Crippen LogP contribution in [0.4, 0.5) is 0 Å². The van der Waals surface area contributed by atoms with Gasteiger partial charge in [0, 0.05) is 19.0 Å². The minimum Gasteiger partial charge on any atom is -0.354 e. The van der Waals surface area contributed by atoms with Crippen LogP contribution in [0.5, 0.6) is 0 Å². The second kappa shape index (κ2) is 8.35. The predicted molar refractivity (Wildman–Crippen MR) is 111 cm³/mol. The van der Waals surface area contributed by atoms with Crippen molar-refractivity contribution in [2.75, 3.05) is 14.1 Å². The Morgan fingerprint density at radius 1 is 1.11 bits per heavy atom. The maximum atomic E-state index is 12.8. The van der Waals surface area contributed by atoms with E-state index in [0.717, 1.165) is 5.56 Å². The number of hydrogen-bond donors (Lipinski definition) is 1. The Bertz CT molecular complexity index is 1040. The summed E-state index contributed by atoms with van der Waals surface area (Å²) in [5.74, 6) is 0.187. The third-order valence-electron chi connectivity index (χ3n) is 4.78. The normalized spacial score (nSPS) is 11.4. The molecule has 0 bridgehead atoms. The summed E-state index contributed by atoms with van der Waals surface area (Å²) >= 11 is 0.